The zero-order valence-corrected chi connectivity index (χ0v) is 26.0. The van der Waals surface area contributed by atoms with Gasteiger partial charge in [0.25, 0.3) is 5.91 Å². The highest BCUT2D eigenvalue weighted by atomic mass is 19.4. The molecule has 0 bridgehead atoms. The maximum absolute atomic E-state index is 13.4. The summed E-state index contributed by atoms with van der Waals surface area (Å²) in [6, 6.07) is 11.4. The van der Waals surface area contributed by atoms with Crippen LogP contribution >= 0.6 is 0 Å². The second-order valence-corrected chi connectivity index (χ2v) is 8.81. The fourth-order valence-electron chi connectivity index (χ4n) is 3.41. The summed E-state index contributed by atoms with van der Waals surface area (Å²) in [6.07, 6.45) is 1.39. The van der Waals surface area contributed by atoms with E-state index in [1.54, 1.807) is 50.3 Å². The number of benzene rings is 2. The van der Waals surface area contributed by atoms with Crippen molar-refractivity contribution >= 4 is 23.0 Å². The molecule has 0 unspecified atom stereocenters. The van der Waals surface area contributed by atoms with Gasteiger partial charge < -0.3 is 9.84 Å². The number of aliphatic imine (C=N–C) groups is 1. The smallest absolute Gasteiger partial charge is 0.416 e. The van der Waals surface area contributed by atoms with Gasteiger partial charge in [-0.25, -0.2) is 4.99 Å². The van der Waals surface area contributed by atoms with Crippen LogP contribution in [0.3, 0.4) is 0 Å². The van der Waals surface area contributed by atoms with Crippen molar-refractivity contribution in [3.05, 3.63) is 77.5 Å². The minimum Gasteiger partial charge on any atom is -0.491 e. The Bertz CT molecular complexity index is 1150. The number of carbonyl (C=O) groups is 1. The molecule has 0 aliphatic carbocycles. The van der Waals surface area contributed by atoms with Gasteiger partial charge >= 0.3 is 6.18 Å². The Morgan fingerprint density at radius 1 is 0.951 bits per heavy atom. The molecule has 0 spiro atoms. The number of amides is 1. The highest BCUT2D eigenvalue weighted by molar-refractivity contribution is 6.55. The minimum absolute atomic E-state index is 0.0375. The highest BCUT2D eigenvalue weighted by Gasteiger charge is 2.37. The van der Waals surface area contributed by atoms with E-state index in [2.05, 4.69) is 32.7 Å². The van der Waals surface area contributed by atoms with Gasteiger partial charge in [-0.2, -0.15) is 13.2 Å². The Hall–Kier alpha value is -3.39. The summed E-state index contributed by atoms with van der Waals surface area (Å²) in [5.41, 5.74) is 0.865. The molecule has 228 valence electrons. The van der Waals surface area contributed by atoms with E-state index in [9.17, 15) is 23.1 Å². The van der Waals surface area contributed by atoms with Crippen LogP contribution in [-0.2, 0) is 11.0 Å². The van der Waals surface area contributed by atoms with Gasteiger partial charge in [-0.1, -0.05) is 85.6 Å². The summed E-state index contributed by atoms with van der Waals surface area (Å²) in [4.78, 5) is 19.1. The van der Waals surface area contributed by atoms with Gasteiger partial charge in [0.05, 0.1) is 28.7 Å². The number of rotatable bonds is 6. The molecule has 1 atom stereocenters. The SMILES string of the molecule is C/C=C1/C(=Nc2cccc(C(F)(F)F)c2)C(=O)N(c2cccc(OC[C@H](O)CC)c2)/C1=C/C.CC.CCC.CCC. The molecule has 1 N–H and O–H groups in total. The molecule has 2 aromatic carbocycles. The topological polar surface area (TPSA) is 62.1 Å². The largest absolute Gasteiger partial charge is 0.491 e. The van der Waals surface area contributed by atoms with Crippen LogP contribution in [0, 0.1) is 0 Å². The number of alkyl halides is 3. The molecule has 0 saturated carbocycles. The number of hydrogen-bond donors (Lipinski definition) is 1. The Morgan fingerprint density at radius 2 is 1.54 bits per heavy atom. The molecule has 41 heavy (non-hydrogen) atoms. The molecule has 1 aliphatic rings. The number of anilines is 1. The van der Waals surface area contributed by atoms with Crippen LogP contribution in [0.2, 0.25) is 0 Å². The van der Waals surface area contributed by atoms with E-state index in [0.717, 1.165) is 12.1 Å². The van der Waals surface area contributed by atoms with Gasteiger partial charge in [-0.05, 0) is 50.6 Å². The first kappa shape index (κ1) is 37.6. The summed E-state index contributed by atoms with van der Waals surface area (Å²) in [5, 5.41) is 9.74. The van der Waals surface area contributed by atoms with Gasteiger partial charge in [0.15, 0.2) is 0 Å². The molecule has 5 nitrogen and oxygen atoms in total. The molecular formula is C33H47F3N2O3. The number of hydrogen-bond acceptors (Lipinski definition) is 4. The van der Waals surface area contributed by atoms with E-state index in [1.807, 2.05) is 20.8 Å². The lowest BCUT2D eigenvalue weighted by molar-refractivity contribution is -0.137. The lowest BCUT2D eigenvalue weighted by Crippen LogP contribution is -2.26. The average Bonchev–Trinajstić information content (AvgIpc) is 3.23. The summed E-state index contributed by atoms with van der Waals surface area (Å²) < 4.78 is 44.9. The van der Waals surface area contributed by atoms with E-state index >= 15 is 0 Å². The predicted octanol–water partition coefficient (Wildman–Crippen LogP) is 9.68. The maximum atomic E-state index is 13.4. The average molecular weight is 577 g/mol. The first-order chi connectivity index (χ1) is 19.5. The van der Waals surface area contributed by atoms with Crippen LogP contribution in [0.25, 0.3) is 0 Å². The number of carbonyl (C=O) groups excluding carboxylic acids is 1. The van der Waals surface area contributed by atoms with Crippen LogP contribution in [0.1, 0.15) is 87.1 Å². The molecular weight excluding hydrogens is 529 g/mol. The van der Waals surface area contributed by atoms with Crippen molar-refractivity contribution in [3.8, 4) is 5.75 Å². The van der Waals surface area contributed by atoms with Crippen molar-refractivity contribution in [3.63, 3.8) is 0 Å². The molecule has 1 saturated heterocycles. The Balaban J connectivity index is 0.00000180. The lowest BCUT2D eigenvalue weighted by Gasteiger charge is -2.19. The second kappa shape index (κ2) is 19.6. The number of nitrogens with zero attached hydrogens (tertiary/aromatic N) is 2. The van der Waals surface area contributed by atoms with Crippen LogP contribution in [-0.4, -0.2) is 29.4 Å². The van der Waals surface area contributed by atoms with Crippen molar-refractivity contribution < 1.29 is 27.8 Å². The molecule has 1 amide bonds. The third-order valence-corrected chi connectivity index (χ3v) is 5.14. The van der Waals surface area contributed by atoms with E-state index in [-0.39, 0.29) is 18.0 Å². The van der Waals surface area contributed by atoms with E-state index in [0.29, 0.717) is 29.1 Å². The van der Waals surface area contributed by atoms with Crippen molar-refractivity contribution in [2.24, 2.45) is 4.99 Å². The van der Waals surface area contributed by atoms with Crippen LogP contribution in [0.4, 0.5) is 24.5 Å². The van der Waals surface area contributed by atoms with E-state index in [1.165, 1.54) is 29.9 Å². The molecule has 3 rings (SSSR count). The molecule has 1 fully saturated rings. The fraction of sp³-hybridized carbons (Fsp3) is 0.455. The van der Waals surface area contributed by atoms with E-state index < -0.39 is 23.8 Å². The normalized spacial score (nSPS) is 16.4. The maximum Gasteiger partial charge on any atom is 0.416 e. The van der Waals surface area contributed by atoms with Crippen molar-refractivity contribution in [1.29, 1.82) is 0 Å². The number of aliphatic hydroxyl groups excluding tert-OH is 1. The molecule has 8 heteroatoms. The van der Waals surface area contributed by atoms with Crippen LogP contribution < -0.4 is 9.64 Å². The first-order valence-corrected chi connectivity index (χ1v) is 14.4. The highest BCUT2D eigenvalue weighted by Crippen LogP contribution is 2.36. The van der Waals surface area contributed by atoms with Crippen LogP contribution in [0.15, 0.2) is 76.9 Å². The Labute approximate surface area is 244 Å². The first-order valence-electron chi connectivity index (χ1n) is 14.4. The van der Waals surface area contributed by atoms with Gasteiger partial charge in [-0.15, -0.1) is 0 Å². The predicted molar refractivity (Wildman–Crippen MR) is 165 cm³/mol. The van der Waals surface area contributed by atoms with Gasteiger partial charge in [0, 0.05) is 11.6 Å². The van der Waals surface area contributed by atoms with Gasteiger partial charge in [0.1, 0.15) is 18.1 Å². The summed E-state index contributed by atoms with van der Waals surface area (Å²) in [7, 11) is 0. The quantitative estimate of drug-likeness (QED) is 0.372. The number of halogens is 3. The summed E-state index contributed by atoms with van der Waals surface area (Å²) in [5.74, 6) is 0.0212. The van der Waals surface area contributed by atoms with Gasteiger partial charge in [-0.3, -0.25) is 9.69 Å². The molecule has 1 aliphatic heterocycles. The summed E-state index contributed by atoms with van der Waals surface area (Å²) in [6.45, 7) is 18.0. The van der Waals surface area contributed by atoms with Crippen molar-refractivity contribution in [2.75, 3.05) is 11.5 Å². The number of aliphatic hydroxyl groups is 1. The number of ether oxygens (including phenoxy) is 1. The monoisotopic (exact) mass is 576 g/mol. The Kier molecular flexibility index (Phi) is 18.0. The van der Waals surface area contributed by atoms with E-state index in [4.69, 9.17) is 4.74 Å². The Morgan fingerprint density at radius 3 is 2.05 bits per heavy atom. The zero-order valence-electron chi connectivity index (χ0n) is 26.0. The lowest BCUT2D eigenvalue weighted by atomic mass is 10.1. The second-order valence-electron chi connectivity index (χ2n) is 8.81. The molecule has 0 aromatic heterocycles. The molecule has 1 heterocycles. The van der Waals surface area contributed by atoms with Crippen LogP contribution in [0.5, 0.6) is 5.75 Å². The van der Waals surface area contributed by atoms with Crippen molar-refractivity contribution in [1.82, 2.24) is 0 Å². The third-order valence-electron chi connectivity index (χ3n) is 5.14. The molecule has 2 aromatic rings. The van der Waals surface area contributed by atoms with Gasteiger partial charge in [0.2, 0.25) is 0 Å². The fourth-order valence-corrected chi connectivity index (χ4v) is 3.41. The zero-order chi connectivity index (χ0) is 31.6. The summed E-state index contributed by atoms with van der Waals surface area (Å²) >= 11 is 0. The number of allylic oxidation sites excluding steroid dienone is 3. The minimum atomic E-state index is -4.51. The molecule has 0 radical (unpaired) electrons. The third kappa shape index (κ3) is 11.6. The standard InChI is InChI=1S/C25H25F3N2O3.2C3H8.C2H6/c1-4-19(31)15-33-20-12-8-11-18(14-20)30-22(6-3)21(5-2)23(24(30)32)29-17-10-7-9-16(13-17)25(26,27)28;2*1-3-2;1-2/h5-14,19,31H,4,15H2,1-3H3;2*3H2,1-2H3;1-2H3/b21-5+,22-6+,29-23?;;;/t19-;;;/m1.../s1. The van der Waals surface area contributed by atoms with Crippen molar-refractivity contribution in [2.45, 2.75) is 93.9 Å².